The first-order valence-corrected chi connectivity index (χ1v) is 16.9. The van der Waals surface area contributed by atoms with E-state index in [1.165, 1.54) is 0 Å². The molecule has 0 spiro atoms. The van der Waals surface area contributed by atoms with Crippen LogP contribution < -0.4 is 16.9 Å². The van der Waals surface area contributed by atoms with Crippen LogP contribution in [-0.2, 0) is 27.9 Å². The van der Waals surface area contributed by atoms with Gasteiger partial charge in [0.2, 0.25) is 0 Å². The van der Waals surface area contributed by atoms with Crippen molar-refractivity contribution in [2.75, 3.05) is 11.5 Å². The van der Waals surface area contributed by atoms with Gasteiger partial charge in [-0.3, -0.25) is 0 Å². The molecule has 2 aromatic rings. The molecular weight excluding hydrogens is 645 g/mol. The topological polar surface area (TPSA) is 107 Å². The fourth-order valence-corrected chi connectivity index (χ4v) is 5.73. The van der Waals surface area contributed by atoms with Crippen LogP contribution in [0.3, 0.4) is 0 Å². The minimum atomic E-state index is -0.476. The van der Waals surface area contributed by atoms with Crippen LogP contribution in [0.15, 0.2) is 28.7 Å². The number of nitrogen functional groups attached to an aromatic ring is 2. The molecule has 0 saturated carbocycles. The Balaban J connectivity index is 0.000000196. The monoisotopic (exact) mass is 700 g/mol. The van der Waals surface area contributed by atoms with Gasteiger partial charge in [0.25, 0.3) is 0 Å². The molecule has 0 atom stereocenters. The van der Waals surface area contributed by atoms with Gasteiger partial charge >= 0.3 is 21.1 Å². The quantitative estimate of drug-likeness (QED) is 0.253. The molecule has 12 heteroatoms. The minimum absolute atomic E-state index is 0.305. The third kappa shape index (κ3) is 8.02. The summed E-state index contributed by atoms with van der Waals surface area (Å²) in [6.45, 7) is 32.5. The van der Waals surface area contributed by atoms with E-state index in [1.54, 1.807) is 0 Å². The van der Waals surface area contributed by atoms with Gasteiger partial charge in [0.1, 0.15) is 0 Å². The van der Waals surface area contributed by atoms with Crippen molar-refractivity contribution in [2.24, 2.45) is 0 Å². The van der Waals surface area contributed by atoms with Gasteiger partial charge in [-0.2, -0.15) is 0 Å². The van der Waals surface area contributed by atoms with Crippen LogP contribution in [0.1, 0.15) is 105 Å². The molecule has 3 fully saturated rings. The van der Waals surface area contributed by atoms with E-state index in [1.807, 2.05) is 107 Å². The van der Waals surface area contributed by atoms with Crippen LogP contribution in [0.4, 0.5) is 11.4 Å². The highest BCUT2D eigenvalue weighted by molar-refractivity contribution is 9.10. The zero-order valence-corrected chi connectivity index (χ0v) is 32.6. The van der Waals surface area contributed by atoms with Gasteiger partial charge in [0.15, 0.2) is 0 Å². The Kier molecular flexibility index (Phi) is 11.1. The Hall–Kier alpha value is -1.53. The predicted octanol–water partition coefficient (Wildman–Crippen LogP) is 7.08. The number of hydrogen-bond donors (Lipinski definition) is 2. The molecule has 3 heterocycles. The van der Waals surface area contributed by atoms with Crippen molar-refractivity contribution in [3.05, 3.63) is 51.0 Å². The van der Waals surface area contributed by atoms with E-state index < -0.39 is 14.0 Å². The fraction of sp³-hybridized carbons (Fsp3) is 0.647. The van der Waals surface area contributed by atoms with Crippen LogP contribution in [0.25, 0.3) is 0 Å². The molecule has 5 rings (SSSR count). The third-order valence-electron chi connectivity index (χ3n) is 10.5. The summed E-state index contributed by atoms with van der Waals surface area (Å²) >= 11 is 3.39. The lowest BCUT2D eigenvalue weighted by Gasteiger charge is -2.32. The molecule has 0 aliphatic carbocycles. The summed E-state index contributed by atoms with van der Waals surface area (Å²) < 4.78 is 37.0. The largest absolute Gasteiger partial charge is 0.494 e. The Morgan fingerprint density at radius 1 is 0.457 bits per heavy atom. The van der Waals surface area contributed by atoms with Crippen LogP contribution in [-0.4, -0.2) is 54.7 Å². The number of rotatable bonds is 2. The fourth-order valence-electron chi connectivity index (χ4n) is 5.04. The molecule has 254 valence electrons. The summed E-state index contributed by atoms with van der Waals surface area (Å²) in [6, 6.07) is 8.12. The first-order chi connectivity index (χ1) is 20.6. The summed E-state index contributed by atoms with van der Waals surface area (Å²) in [4.78, 5) is 0. The second kappa shape index (κ2) is 13.1. The van der Waals surface area contributed by atoms with Gasteiger partial charge in [-0.15, -0.1) is 0 Å². The zero-order chi connectivity index (χ0) is 35.4. The van der Waals surface area contributed by atoms with E-state index in [2.05, 4.69) is 43.6 Å². The van der Waals surface area contributed by atoms with Crippen molar-refractivity contribution in [3.63, 3.8) is 0 Å². The summed E-state index contributed by atoms with van der Waals surface area (Å²) in [7, 11) is -1.26. The maximum Gasteiger partial charge on any atom is 0.494 e. The van der Waals surface area contributed by atoms with Crippen molar-refractivity contribution >= 4 is 53.9 Å². The second-order valence-corrected chi connectivity index (χ2v) is 16.8. The summed E-state index contributed by atoms with van der Waals surface area (Å²) in [5.74, 6) is 0. The highest BCUT2D eigenvalue weighted by atomic mass is 79.9. The third-order valence-corrected chi connectivity index (χ3v) is 10.9. The first-order valence-electron chi connectivity index (χ1n) is 16.1. The summed E-state index contributed by atoms with van der Waals surface area (Å²) in [5.41, 5.74) is 16.8. The van der Waals surface area contributed by atoms with Crippen LogP contribution in [0.5, 0.6) is 0 Å². The molecule has 0 aromatic heterocycles. The van der Waals surface area contributed by atoms with Crippen molar-refractivity contribution in [1.29, 1.82) is 0 Å². The molecule has 2 aromatic carbocycles. The van der Waals surface area contributed by atoms with Gasteiger partial charge in [0, 0.05) is 15.8 Å². The second-order valence-electron chi connectivity index (χ2n) is 15.9. The number of benzene rings is 2. The lowest BCUT2D eigenvalue weighted by Crippen LogP contribution is -2.41. The molecule has 0 unspecified atom stereocenters. The number of aryl methyl sites for hydroxylation is 4. The maximum absolute atomic E-state index is 6.04. The van der Waals surface area contributed by atoms with Gasteiger partial charge in [-0.1, -0.05) is 28.1 Å². The van der Waals surface area contributed by atoms with Gasteiger partial charge in [0.05, 0.1) is 33.6 Å². The molecule has 3 saturated heterocycles. The van der Waals surface area contributed by atoms with Crippen molar-refractivity contribution < 1.29 is 27.9 Å². The number of anilines is 2. The van der Waals surface area contributed by atoms with E-state index >= 15 is 0 Å². The Labute approximate surface area is 287 Å². The molecule has 0 bridgehead atoms. The minimum Gasteiger partial charge on any atom is -0.405 e. The average Bonchev–Trinajstić information content (AvgIpc) is 3.35. The van der Waals surface area contributed by atoms with Crippen LogP contribution in [0.2, 0.25) is 0 Å². The van der Waals surface area contributed by atoms with Crippen LogP contribution in [0, 0.1) is 27.7 Å². The normalized spacial score (nSPS) is 23.0. The SMILES string of the molecule is CC1(C)OB(B2OC(C)(C)C(C)(C)O2)OC1(C)C.Cc1cc(B2OC(C)(C)C(C)(C)O2)cc(C)c1N.Cc1cc(Br)cc(C)c1N. The van der Waals surface area contributed by atoms with Gasteiger partial charge in [-0.05, 0) is 151 Å². The Morgan fingerprint density at radius 3 is 0.978 bits per heavy atom. The highest BCUT2D eigenvalue weighted by Gasteiger charge is 2.63. The number of hydrogen-bond acceptors (Lipinski definition) is 8. The van der Waals surface area contributed by atoms with E-state index in [0.717, 1.165) is 43.6 Å². The molecule has 8 nitrogen and oxygen atoms in total. The lowest BCUT2D eigenvalue weighted by molar-refractivity contribution is 0.00578. The highest BCUT2D eigenvalue weighted by Crippen LogP contribution is 2.43. The molecular formula is C34H56B3BrN2O6. The standard InChI is InChI=1S/C14H22BNO2.C12H24B2O4.C8H10BrN/c1-9-7-11(8-10(2)12(9)16)15-17-13(3,4)14(5,6)18-15;1-9(2)10(3,4)16-13(15-9)14-17-11(5,6)12(7,8)18-14;1-5-3-7(9)4-6(2)8(5)10/h7-8H,16H2,1-6H3;1-8H3;3-4H,10H2,1-2H3. The molecule has 4 N–H and O–H groups in total. The molecule has 3 aliphatic rings. The smallest absolute Gasteiger partial charge is 0.405 e. The first kappa shape index (κ1) is 38.9. The zero-order valence-electron chi connectivity index (χ0n) is 31.0. The average molecular weight is 701 g/mol. The van der Waals surface area contributed by atoms with E-state index in [4.69, 9.17) is 39.4 Å². The molecule has 0 amide bonds. The van der Waals surface area contributed by atoms with E-state index in [0.29, 0.717) is 0 Å². The van der Waals surface area contributed by atoms with Crippen molar-refractivity contribution in [1.82, 2.24) is 0 Å². The molecule has 46 heavy (non-hydrogen) atoms. The number of nitrogens with two attached hydrogens (primary N) is 2. The summed E-state index contributed by atoms with van der Waals surface area (Å²) in [5, 5.41) is 0. The van der Waals surface area contributed by atoms with Gasteiger partial charge < -0.3 is 39.4 Å². The van der Waals surface area contributed by atoms with Crippen molar-refractivity contribution in [3.8, 4) is 0 Å². The molecule has 0 radical (unpaired) electrons. The lowest BCUT2D eigenvalue weighted by atomic mass is 9.49. The van der Waals surface area contributed by atoms with Crippen LogP contribution >= 0.6 is 15.9 Å². The summed E-state index contributed by atoms with van der Waals surface area (Å²) in [6.07, 6.45) is 0. The Morgan fingerprint density at radius 2 is 0.696 bits per heavy atom. The molecule has 3 aliphatic heterocycles. The predicted molar refractivity (Wildman–Crippen MR) is 196 cm³/mol. The van der Waals surface area contributed by atoms with Crippen molar-refractivity contribution in [2.45, 2.75) is 144 Å². The van der Waals surface area contributed by atoms with E-state index in [9.17, 15) is 0 Å². The van der Waals surface area contributed by atoms with Gasteiger partial charge in [-0.25, -0.2) is 0 Å². The maximum atomic E-state index is 6.04. The van der Waals surface area contributed by atoms with E-state index in [-0.39, 0.29) is 40.7 Å². The Bertz CT molecular complexity index is 1300. The number of halogens is 1.